The average Bonchev–Trinajstić information content (AvgIpc) is 3.11. The highest BCUT2D eigenvalue weighted by Gasteiger charge is 2.31. The molecule has 2 aromatic heterocycles. The molecule has 1 N–H and O–H groups in total. The van der Waals surface area contributed by atoms with Crippen LogP contribution in [0.2, 0.25) is 5.02 Å². The lowest BCUT2D eigenvalue weighted by Gasteiger charge is -2.11. The molecule has 0 fully saturated rings. The van der Waals surface area contributed by atoms with E-state index in [1.807, 2.05) is 0 Å². The Labute approximate surface area is 178 Å². The minimum absolute atomic E-state index is 0.00103. The summed E-state index contributed by atoms with van der Waals surface area (Å²) in [6.45, 7) is 4.06. The standard InChI is InChI=1S/C18H14ClF3N6OS/c1-2-7-28-16(14-9-23-5-6-24-14)26-27-17(28)30-10-15(29)25-13-8-11(18(20,21)22)3-4-12(13)19/h2-6,8-9H,1,7,10H2,(H,25,29). The first-order valence-electron chi connectivity index (χ1n) is 8.39. The fourth-order valence-electron chi connectivity index (χ4n) is 2.41. The number of nitrogens with zero attached hydrogens (tertiary/aromatic N) is 5. The fourth-order valence-corrected chi connectivity index (χ4v) is 3.32. The van der Waals surface area contributed by atoms with Gasteiger partial charge in [0.05, 0.1) is 28.2 Å². The molecule has 2 heterocycles. The van der Waals surface area contributed by atoms with E-state index in [2.05, 4.69) is 32.1 Å². The molecule has 30 heavy (non-hydrogen) atoms. The number of rotatable bonds is 7. The zero-order valence-electron chi connectivity index (χ0n) is 15.2. The Hall–Kier alpha value is -2.92. The van der Waals surface area contributed by atoms with Crippen molar-refractivity contribution in [1.29, 1.82) is 0 Å². The molecule has 0 saturated heterocycles. The van der Waals surface area contributed by atoms with Gasteiger partial charge in [-0.05, 0) is 18.2 Å². The molecule has 156 valence electrons. The Bertz CT molecular complexity index is 1060. The lowest BCUT2D eigenvalue weighted by Crippen LogP contribution is -2.16. The number of carbonyl (C=O) groups excluding carboxylic acids is 1. The summed E-state index contributed by atoms with van der Waals surface area (Å²) in [6.07, 6.45) is 1.66. The second-order valence-corrected chi connectivity index (χ2v) is 7.18. The molecule has 0 unspecified atom stereocenters. The molecule has 0 radical (unpaired) electrons. The molecule has 0 atom stereocenters. The summed E-state index contributed by atoms with van der Waals surface area (Å²) in [6, 6.07) is 2.72. The third-order valence-corrected chi connectivity index (χ3v) is 5.02. The minimum Gasteiger partial charge on any atom is -0.324 e. The predicted octanol–water partition coefficient (Wildman–Crippen LogP) is 4.32. The van der Waals surface area contributed by atoms with Crippen LogP contribution in [0.3, 0.4) is 0 Å². The van der Waals surface area contributed by atoms with Crippen LogP contribution >= 0.6 is 23.4 Å². The fraction of sp³-hybridized carbons (Fsp3) is 0.167. The molecule has 7 nitrogen and oxygen atoms in total. The van der Waals surface area contributed by atoms with Gasteiger partial charge in [-0.15, -0.1) is 16.8 Å². The van der Waals surface area contributed by atoms with Crippen molar-refractivity contribution in [3.63, 3.8) is 0 Å². The van der Waals surface area contributed by atoms with Crippen LogP contribution in [0.5, 0.6) is 0 Å². The Morgan fingerprint density at radius 3 is 2.77 bits per heavy atom. The first-order chi connectivity index (χ1) is 14.3. The van der Waals surface area contributed by atoms with Crippen molar-refractivity contribution in [1.82, 2.24) is 24.7 Å². The van der Waals surface area contributed by atoms with Gasteiger partial charge in [-0.25, -0.2) is 4.98 Å². The monoisotopic (exact) mass is 454 g/mol. The highest BCUT2D eigenvalue weighted by molar-refractivity contribution is 7.99. The number of anilines is 1. The van der Waals surface area contributed by atoms with Crippen LogP contribution in [-0.4, -0.2) is 36.4 Å². The van der Waals surface area contributed by atoms with Crippen molar-refractivity contribution >= 4 is 35.0 Å². The largest absolute Gasteiger partial charge is 0.416 e. The molecular weight excluding hydrogens is 441 g/mol. The van der Waals surface area contributed by atoms with E-state index >= 15 is 0 Å². The van der Waals surface area contributed by atoms with Crippen molar-refractivity contribution in [2.75, 3.05) is 11.1 Å². The Morgan fingerprint density at radius 1 is 1.30 bits per heavy atom. The first kappa shape index (κ1) is 21.8. The summed E-state index contributed by atoms with van der Waals surface area (Å²) in [5, 5.41) is 11.0. The number of benzene rings is 1. The number of allylic oxidation sites excluding steroid dienone is 1. The van der Waals surface area contributed by atoms with Gasteiger partial charge in [0.1, 0.15) is 5.69 Å². The minimum atomic E-state index is -4.54. The van der Waals surface area contributed by atoms with Gasteiger partial charge < -0.3 is 5.32 Å². The van der Waals surface area contributed by atoms with E-state index < -0.39 is 17.6 Å². The summed E-state index contributed by atoms with van der Waals surface area (Å²) in [5.74, 6) is -0.218. The van der Waals surface area contributed by atoms with Gasteiger partial charge >= 0.3 is 6.18 Å². The van der Waals surface area contributed by atoms with Gasteiger partial charge in [-0.2, -0.15) is 13.2 Å². The zero-order chi connectivity index (χ0) is 21.7. The Morgan fingerprint density at radius 2 is 2.10 bits per heavy atom. The average molecular weight is 455 g/mol. The van der Waals surface area contributed by atoms with Crippen LogP contribution in [0.25, 0.3) is 11.5 Å². The molecule has 3 aromatic rings. The zero-order valence-corrected chi connectivity index (χ0v) is 16.8. The number of aromatic nitrogens is 5. The molecule has 1 aromatic carbocycles. The van der Waals surface area contributed by atoms with Crippen LogP contribution < -0.4 is 5.32 Å². The highest BCUT2D eigenvalue weighted by atomic mass is 35.5. The van der Waals surface area contributed by atoms with Crippen molar-refractivity contribution in [3.8, 4) is 11.5 Å². The maximum absolute atomic E-state index is 12.9. The summed E-state index contributed by atoms with van der Waals surface area (Å²) in [7, 11) is 0. The van der Waals surface area contributed by atoms with Crippen molar-refractivity contribution in [2.24, 2.45) is 0 Å². The quantitative estimate of drug-likeness (QED) is 0.422. The van der Waals surface area contributed by atoms with Crippen LogP contribution in [0.15, 0.2) is 54.6 Å². The SMILES string of the molecule is C=CCn1c(SCC(=O)Nc2cc(C(F)(F)F)ccc2Cl)nnc1-c1cnccn1. The first-order valence-corrected chi connectivity index (χ1v) is 9.76. The number of hydrogen-bond acceptors (Lipinski definition) is 6. The summed E-state index contributed by atoms with van der Waals surface area (Å²) >= 11 is 6.97. The van der Waals surface area contributed by atoms with Crippen LogP contribution in [0.4, 0.5) is 18.9 Å². The van der Waals surface area contributed by atoms with E-state index in [4.69, 9.17) is 11.6 Å². The summed E-state index contributed by atoms with van der Waals surface area (Å²) < 4.78 is 40.3. The van der Waals surface area contributed by atoms with Crippen LogP contribution in [0.1, 0.15) is 5.56 Å². The Kier molecular flexibility index (Phi) is 6.73. The highest BCUT2D eigenvalue weighted by Crippen LogP contribution is 2.34. The van der Waals surface area contributed by atoms with Crippen molar-refractivity contribution in [3.05, 3.63) is 60.0 Å². The third kappa shape index (κ3) is 5.16. The second kappa shape index (κ2) is 9.26. The van der Waals surface area contributed by atoms with E-state index in [1.54, 1.807) is 10.6 Å². The van der Waals surface area contributed by atoms with Gasteiger partial charge in [0.25, 0.3) is 0 Å². The number of alkyl halides is 3. The van der Waals surface area contributed by atoms with Crippen molar-refractivity contribution in [2.45, 2.75) is 17.9 Å². The molecule has 0 aliphatic carbocycles. The smallest absolute Gasteiger partial charge is 0.324 e. The van der Waals surface area contributed by atoms with Gasteiger partial charge in [-0.1, -0.05) is 29.4 Å². The lowest BCUT2D eigenvalue weighted by molar-refractivity contribution is -0.137. The Balaban J connectivity index is 1.73. The van der Waals surface area contributed by atoms with E-state index in [0.717, 1.165) is 30.0 Å². The normalized spacial score (nSPS) is 11.3. The van der Waals surface area contributed by atoms with Crippen LogP contribution in [-0.2, 0) is 17.5 Å². The van der Waals surface area contributed by atoms with Crippen molar-refractivity contribution < 1.29 is 18.0 Å². The lowest BCUT2D eigenvalue weighted by atomic mass is 10.2. The van der Waals surface area contributed by atoms with E-state index in [9.17, 15) is 18.0 Å². The number of thioether (sulfide) groups is 1. The predicted molar refractivity (Wildman–Crippen MR) is 107 cm³/mol. The number of nitrogens with one attached hydrogen (secondary N) is 1. The molecular formula is C18H14ClF3N6OS. The van der Waals surface area contributed by atoms with E-state index in [-0.39, 0.29) is 16.5 Å². The topological polar surface area (TPSA) is 85.6 Å². The number of halogens is 4. The van der Waals surface area contributed by atoms with E-state index in [0.29, 0.717) is 23.2 Å². The number of carbonyl (C=O) groups is 1. The number of hydrogen-bond donors (Lipinski definition) is 1. The maximum Gasteiger partial charge on any atom is 0.416 e. The molecule has 0 bridgehead atoms. The number of amides is 1. The van der Waals surface area contributed by atoms with Gasteiger partial charge in [0.2, 0.25) is 5.91 Å². The molecule has 0 aliphatic rings. The molecule has 3 rings (SSSR count). The van der Waals surface area contributed by atoms with Gasteiger partial charge in [-0.3, -0.25) is 14.3 Å². The van der Waals surface area contributed by atoms with E-state index in [1.165, 1.54) is 18.6 Å². The third-order valence-electron chi connectivity index (χ3n) is 3.72. The second-order valence-electron chi connectivity index (χ2n) is 5.83. The molecule has 12 heteroatoms. The summed E-state index contributed by atoms with van der Waals surface area (Å²) in [5.41, 5.74) is -0.530. The van der Waals surface area contributed by atoms with Crippen LogP contribution in [0, 0.1) is 0 Å². The van der Waals surface area contributed by atoms with Gasteiger partial charge in [0, 0.05) is 18.9 Å². The van der Waals surface area contributed by atoms with Gasteiger partial charge in [0.15, 0.2) is 11.0 Å². The molecule has 0 aliphatic heterocycles. The molecule has 0 spiro atoms. The summed E-state index contributed by atoms with van der Waals surface area (Å²) in [4.78, 5) is 20.4. The molecule has 0 saturated carbocycles. The maximum atomic E-state index is 12.9. The molecule has 1 amide bonds.